The lowest BCUT2D eigenvalue weighted by Crippen LogP contribution is -2.20. The maximum atomic E-state index is 10.6. The minimum absolute atomic E-state index is 0.182. The fraction of sp³-hybridized carbons (Fsp3) is 0.222. The molecule has 0 aliphatic rings. The number of rotatable bonds is 3. The Morgan fingerprint density at radius 3 is 2.38 bits per heavy atom. The fourth-order valence-corrected chi connectivity index (χ4v) is 1.31. The molecular weight excluding hydrogens is 232 g/mol. The Hall–Kier alpha value is -0.870. The predicted molar refractivity (Wildman–Crippen MR) is 54.9 cm³/mol. The molecule has 4 heteroatoms. The number of halogens is 1. The van der Waals surface area contributed by atoms with E-state index in [1.165, 1.54) is 0 Å². The molecule has 0 fully saturated rings. The summed E-state index contributed by atoms with van der Waals surface area (Å²) in [6.45, 7) is 0. The molecule has 1 aromatic rings. The van der Waals surface area contributed by atoms with Gasteiger partial charge in [-0.1, -0.05) is 28.1 Å². The van der Waals surface area contributed by atoms with Crippen molar-refractivity contribution in [3.63, 3.8) is 0 Å². The van der Waals surface area contributed by atoms with Crippen LogP contribution in [0.1, 0.15) is 18.0 Å². The summed E-state index contributed by atoms with van der Waals surface area (Å²) >= 11 is 3.31. The summed E-state index contributed by atoms with van der Waals surface area (Å²) in [5.41, 5.74) is 11.7. The Kier molecular flexibility index (Phi) is 3.45. The molecule has 0 unspecified atom stereocenters. The Bertz CT molecular complexity index is 297. The molecule has 0 radical (unpaired) electrons. The van der Waals surface area contributed by atoms with E-state index >= 15 is 0 Å². The molecule has 0 bridgehead atoms. The molecule has 3 nitrogen and oxygen atoms in total. The molecule has 1 atom stereocenters. The van der Waals surface area contributed by atoms with Crippen LogP contribution in [0.4, 0.5) is 0 Å². The molecule has 70 valence electrons. The van der Waals surface area contributed by atoms with Crippen LogP contribution in [0.25, 0.3) is 0 Å². The summed E-state index contributed by atoms with van der Waals surface area (Å²) in [6.07, 6.45) is 0.182. The van der Waals surface area contributed by atoms with Gasteiger partial charge in [-0.3, -0.25) is 4.79 Å². The third kappa shape index (κ3) is 3.16. The van der Waals surface area contributed by atoms with Gasteiger partial charge in [0.05, 0.1) is 0 Å². The molecule has 0 spiro atoms. The summed E-state index contributed by atoms with van der Waals surface area (Å²) in [6, 6.07) is 7.22. The summed E-state index contributed by atoms with van der Waals surface area (Å²) < 4.78 is 0.988. The number of primary amides is 1. The molecule has 0 saturated heterocycles. The minimum atomic E-state index is -0.379. The van der Waals surface area contributed by atoms with Gasteiger partial charge in [-0.05, 0) is 17.7 Å². The van der Waals surface area contributed by atoms with Crippen LogP contribution in [0.5, 0.6) is 0 Å². The maximum Gasteiger partial charge on any atom is 0.219 e. The number of amides is 1. The second-order valence-electron chi connectivity index (χ2n) is 2.83. The zero-order valence-corrected chi connectivity index (χ0v) is 8.62. The molecule has 0 aliphatic carbocycles. The number of hydrogen-bond donors (Lipinski definition) is 2. The molecule has 0 heterocycles. The Morgan fingerprint density at radius 2 is 1.92 bits per heavy atom. The van der Waals surface area contributed by atoms with Gasteiger partial charge in [-0.2, -0.15) is 0 Å². The number of carbonyl (C=O) groups is 1. The average Bonchev–Trinajstić information content (AvgIpc) is 2.04. The fourth-order valence-electron chi connectivity index (χ4n) is 1.04. The van der Waals surface area contributed by atoms with Gasteiger partial charge in [0.15, 0.2) is 0 Å². The van der Waals surface area contributed by atoms with Crippen LogP contribution in [0.3, 0.4) is 0 Å². The van der Waals surface area contributed by atoms with E-state index in [-0.39, 0.29) is 18.4 Å². The number of carbonyl (C=O) groups excluding carboxylic acids is 1. The average molecular weight is 243 g/mol. The summed E-state index contributed by atoms with van der Waals surface area (Å²) in [5.74, 6) is -0.379. The number of nitrogens with two attached hydrogens (primary N) is 2. The summed E-state index contributed by atoms with van der Waals surface area (Å²) in [7, 11) is 0. The summed E-state index contributed by atoms with van der Waals surface area (Å²) in [5, 5.41) is 0. The van der Waals surface area contributed by atoms with Crippen molar-refractivity contribution in [2.24, 2.45) is 11.5 Å². The van der Waals surface area contributed by atoms with E-state index in [0.29, 0.717) is 0 Å². The van der Waals surface area contributed by atoms with Gasteiger partial charge < -0.3 is 11.5 Å². The first-order valence-electron chi connectivity index (χ1n) is 3.89. The lowest BCUT2D eigenvalue weighted by Gasteiger charge is -2.09. The Morgan fingerprint density at radius 1 is 1.38 bits per heavy atom. The van der Waals surface area contributed by atoms with E-state index in [4.69, 9.17) is 11.5 Å². The van der Waals surface area contributed by atoms with Crippen LogP contribution < -0.4 is 11.5 Å². The number of benzene rings is 1. The van der Waals surface area contributed by atoms with Crippen molar-refractivity contribution in [1.82, 2.24) is 0 Å². The highest BCUT2D eigenvalue weighted by Crippen LogP contribution is 2.16. The molecule has 1 amide bonds. The van der Waals surface area contributed by atoms with Gasteiger partial charge in [-0.25, -0.2) is 0 Å². The van der Waals surface area contributed by atoms with Gasteiger partial charge in [0, 0.05) is 16.9 Å². The van der Waals surface area contributed by atoms with E-state index in [0.717, 1.165) is 10.0 Å². The highest BCUT2D eigenvalue weighted by atomic mass is 79.9. The lowest BCUT2D eigenvalue weighted by atomic mass is 10.1. The second kappa shape index (κ2) is 4.39. The second-order valence-corrected chi connectivity index (χ2v) is 3.74. The van der Waals surface area contributed by atoms with Gasteiger partial charge in [0.25, 0.3) is 0 Å². The van der Waals surface area contributed by atoms with Gasteiger partial charge in [0.2, 0.25) is 5.91 Å². The van der Waals surface area contributed by atoms with Crippen LogP contribution in [0.15, 0.2) is 28.7 Å². The zero-order valence-electron chi connectivity index (χ0n) is 7.03. The van der Waals surface area contributed by atoms with E-state index in [1.807, 2.05) is 24.3 Å². The minimum Gasteiger partial charge on any atom is -0.370 e. The van der Waals surface area contributed by atoms with Crippen molar-refractivity contribution in [3.05, 3.63) is 34.3 Å². The normalized spacial score (nSPS) is 12.5. The van der Waals surface area contributed by atoms with Gasteiger partial charge in [0.1, 0.15) is 0 Å². The maximum absolute atomic E-state index is 10.6. The molecule has 4 N–H and O–H groups in total. The largest absolute Gasteiger partial charge is 0.370 e. The molecule has 0 saturated carbocycles. The Labute approximate surface area is 85.2 Å². The van der Waals surface area contributed by atoms with Gasteiger partial charge >= 0.3 is 0 Å². The van der Waals surface area contributed by atoms with Crippen molar-refractivity contribution in [2.75, 3.05) is 0 Å². The molecule has 1 aromatic carbocycles. The monoisotopic (exact) mass is 242 g/mol. The third-order valence-corrected chi connectivity index (χ3v) is 2.25. The van der Waals surface area contributed by atoms with Crippen LogP contribution in [-0.2, 0) is 4.79 Å². The van der Waals surface area contributed by atoms with Crippen molar-refractivity contribution in [1.29, 1.82) is 0 Å². The Balaban J connectivity index is 2.71. The highest BCUT2D eigenvalue weighted by molar-refractivity contribution is 9.10. The van der Waals surface area contributed by atoms with E-state index in [9.17, 15) is 4.79 Å². The molecular formula is C9H11BrN2O. The topological polar surface area (TPSA) is 69.1 Å². The van der Waals surface area contributed by atoms with Crippen molar-refractivity contribution in [3.8, 4) is 0 Å². The van der Waals surface area contributed by atoms with Crippen molar-refractivity contribution >= 4 is 21.8 Å². The van der Waals surface area contributed by atoms with Crippen LogP contribution in [0, 0.1) is 0 Å². The van der Waals surface area contributed by atoms with E-state index < -0.39 is 0 Å². The molecule has 13 heavy (non-hydrogen) atoms. The van der Waals surface area contributed by atoms with Crippen molar-refractivity contribution in [2.45, 2.75) is 12.5 Å². The third-order valence-electron chi connectivity index (χ3n) is 1.72. The van der Waals surface area contributed by atoms with Gasteiger partial charge in [-0.15, -0.1) is 0 Å². The number of hydrogen-bond acceptors (Lipinski definition) is 2. The molecule has 0 aromatic heterocycles. The SMILES string of the molecule is NC(=O)C[C@H](N)c1ccc(Br)cc1. The quantitative estimate of drug-likeness (QED) is 0.840. The first-order chi connectivity index (χ1) is 6.09. The van der Waals surface area contributed by atoms with E-state index in [2.05, 4.69) is 15.9 Å². The smallest absolute Gasteiger partial charge is 0.219 e. The van der Waals surface area contributed by atoms with Crippen molar-refractivity contribution < 1.29 is 4.79 Å². The van der Waals surface area contributed by atoms with E-state index in [1.54, 1.807) is 0 Å². The first-order valence-corrected chi connectivity index (χ1v) is 4.68. The first kappa shape index (κ1) is 10.2. The van der Waals surface area contributed by atoms with Crippen LogP contribution >= 0.6 is 15.9 Å². The molecule has 0 aliphatic heterocycles. The van der Waals surface area contributed by atoms with Crippen LogP contribution in [0.2, 0.25) is 0 Å². The summed E-state index contributed by atoms with van der Waals surface area (Å²) in [4.78, 5) is 10.6. The van der Waals surface area contributed by atoms with Crippen LogP contribution in [-0.4, -0.2) is 5.91 Å². The predicted octanol–water partition coefficient (Wildman–Crippen LogP) is 1.32. The zero-order chi connectivity index (χ0) is 9.84. The standard InChI is InChI=1S/C9H11BrN2O/c10-7-3-1-6(2-4-7)8(11)5-9(12)13/h1-4,8H,5,11H2,(H2,12,13)/t8-/m0/s1. The highest BCUT2D eigenvalue weighted by Gasteiger charge is 2.08. The molecule has 1 rings (SSSR count). The lowest BCUT2D eigenvalue weighted by molar-refractivity contribution is -0.118.